The van der Waals surface area contributed by atoms with Gasteiger partial charge in [-0.05, 0) is 35.9 Å². The van der Waals surface area contributed by atoms with E-state index in [9.17, 15) is 8.42 Å². The van der Waals surface area contributed by atoms with Crippen molar-refractivity contribution < 1.29 is 8.42 Å². The van der Waals surface area contributed by atoms with E-state index in [1.165, 1.54) is 11.8 Å². The van der Waals surface area contributed by atoms with Crippen LogP contribution in [0.4, 0.5) is 11.5 Å². The predicted molar refractivity (Wildman–Crippen MR) is 161 cm³/mol. The molecule has 40 heavy (non-hydrogen) atoms. The van der Waals surface area contributed by atoms with Gasteiger partial charge in [-0.25, -0.2) is 23.4 Å². The van der Waals surface area contributed by atoms with E-state index in [-0.39, 0.29) is 5.75 Å². The minimum Gasteiger partial charge on any atom is -0.340 e. The lowest BCUT2D eigenvalue weighted by Crippen LogP contribution is -2.21. The number of hydrogen-bond acceptors (Lipinski definition) is 9. The summed E-state index contributed by atoms with van der Waals surface area (Å²) in [6.45, 7) is 1.65. The molecule has 11 heteroatoms. The van der Waals surface area contributed by atoms with Crippen LogP contribution in [0.2, 0.25) is 0 Å². The van der Waals surface area contributed by atoms with Gasteiger partial charge in [0.15, 0.2) is 0 Å². The molecule has 2 N–H and O–H groups in total. The van der Waals surface area contributed by atoms with Gasteiger partial charge in [-0.15, -0.1) is 11.3 Å². The predicted octanol–water partition coefficient (Wildman–Crippen LogP) is 5.03. The minimum atomic E-state index is -2.98. The van der Waals surface area contributed by atoms with Crippen molar-refractivity contribution in [1.82, 2.24) is 30.0 Å². The minimum absolute atomic E-state index is 0.109. The molecule has 202 valence electrons. The summed E-state index contributed by atoms with van der Waals surface area (Å²) in [7, 11) is -2.98. The topological polar surface area (TPSA) is 115 Å². The number of fused-ring (bicyclic) bond motifs is 2. The van der Waals surface area contributed by atoms with E-state index in [0.29, 0.717) is 13.1 Å². The van der Waals surface area contributed by atoms with Crippen molar-refractivity contribution in [2.75, 3.05) is 23.9 Å². The summed E-state index contributed by atoms with van der Waals surface area (Å²) < 4.78 is 24.6. The smallest absolute Gasteiger partial charge is 0.148 e. The van der Waals surface area contributed by atoms with Crippen LogP contribution >= 0.6 is 11.3 Å². The summed E-state index contributed by atoms with van der Waals surface area (Å²) in [5.41, 5.74) is 5.83. The molecule has 0 saturated carbocycles. The maximum atomic E-state index is 11.3. The molecular formula is C29H27N7O2S2. The SMILES string of the molecule is CS(=O)(=O)CCNCc1nc(-c2ccc3c(Nc4ccc5c(cnn5Cc5ccccc5)c4)ncnc3c2)cs1. The van der Waals surface area contributed by atoms with Crippen LogP contribution in [0.25, 0.3) is 33.1 Å². The number of anilines is 2. The van der Waals surface area contributed by atoms with Gasteiger partial charge < -0.3 is 10.6 Å². The van der Waals surface area contributed by atoms with Gasteiger partial charge in [0.25, 0.3) is 0 Å². The van der Waals surface area contributed by atoms with Gasteiger partial charge in [-0.3, -0.25) is 4.68 Å². The Balaban J connectivity index is 1.17. The fourth-order valence-corrected chi connectivity index (χ4v) is 5.77. The first-order chi connectivity index (χ1) is 19.4. The van der Waals surface area contributed by atoms with E-state index >= 15 is 0 Å². The molecule has 0 unspecified atom stereocenters. The Morgan fingerprint density at radius 3 is 2.73 bits per heavy atom. The fourth-order valence-electron chi connectivity index (χ4n) is 4.48. The first-order valence-corrected chi connectivity index (χ1v) is 15.7. The lowest BCUT2D eigenvalue weighted by Gasteiger charge is -2.10. The first-order valence-electron chi connectivity index (χ1n) is 12.8. The van der Waals surface area contributed by atoms with E-state index in [1.807, 2.05) is 58.7 Å². The van der Waals surface area contributed by atoms with E-state index in [4.69, 9.17) is 4.98 Å². The summed E-state index contributed by atoms with van der Waals surface area (Å²) >= 11 is 1.54. The molecule has 3 aromatic heterocycles. The maximum Gasteiger partial charge on any atom is 0.148 e. The number of thiazole rings is 1. The zero-order chi connectivity index (χ0) is 27.5. The highest BCUT2D eigenvalue weighted by Gasteiger charge is 2.11. The zero-order valence-corrected chi connectivity index (χ0v) is 23.4. The number of nitrogens with zero attached hydrogens (tertiary/aromatic N) is 5. The van der Waals surface area contributed by atoms with Crippen molar-refractivity contribution in [2.24, 2.45) is 0 Å². The number of rotatable bonds is 10. The Morgan fingerprint density at radius 2 is 1.88 bits per heavy atom. The summed E-state index contributed by atoms with van der Waals surface area (Å²) in [5.74, 6) is 0.833. The van der Waals surface area contributed by atoms with E-state index in [1.54, 1.807) is 17.7 Å². The number of nitrogens with one attached hydrogen (secondary N) is 2. The molecule has 0 aliphatic carbocycles. The summed E-state index contributed by atoms with van der Waals surface area (Å²) in [4.78, 5) is 13.7. The molecule has 0 fully saturated rings. The largest absolute Gasteiger partial charge is 0.340 e. The van der Waals surface area contributed by atoms with Crippen molar-refractivity contribution in [1.29, 1.82) is 0 Å². The average Bonchev–Trinajstić information content (AvgIpc) is 3.58. The van der Waals surface area contributed by atoms with Crippen LogP contribution in [-0.4, -0.2) is 51.7 Å². The highest BCUT2D eigenvalue weighted by molar-refractivity contribution is 7.90. The molecule has 0 bridgehead atoms. The lowest BCUT2D eigenvalue weighted by molar-refractivity contribution is 0.596. The van der Waals surface area contributed by atoms with Crippen LogP contribution in [0.3, 0.4) is 0 Å². The monoisotopic (exact) mass is 569 g/mol. The molecule has 0 radical (unpaired) electrons. The standard InChI is InChI=1S/C29H27N7O2S2/c1-40(37,38)12-11-30-16-28-35-26(18-39-28)21-7-9-24-25(14-21)31-19-32-29(24)34-23-8-10-27-22(13-23)15-33-36(27)17-20-5-3-2-4-6-20/h2-10,13-15,18-19,30H,11-12,16-17H2,1H3,(H,31,32,34). The van der Waals surface area contributed by atoms with Crippen molar-refractivity contribution in [3.05, 3.63) is 95.2 Å². The van der Waals surface area contributed by atoms with Crippen molar-refractivity contribution in [3.63, 3.8) is 0 Å². The molecule has 0 atom stereocenters. The average molecular weight is 570 g/mol. The highest BCUT2D eigenvalue weighted by Crippen LogP contribution is 2.29. The quantitative estimate of drug-likeness (QED) is 0.221. The van der Waals surface area contributed by atoms with Gasteiger partial charge in [0.2, 0.25) is 0 Å². The Bertz CT molecular complexity index is 1900. The Labute approximate surface area is 235 Å². The molecule has 0 aliphatic heterocycles. The van der Waals surface area contributed by atoms with E-state index in [0.717, 1.165) is 56.1 Å². The normalized spacial score (nSPS) is 11.8. The van der Waals surface area contributed by atoms with Crippen LogP contribution < -0.4 is 10.6 Å². The van der Waals surface area contributed by atoms with Gasteiger partial charge in [0.05, 0.1) is 35.2 Å². The van der Waals surface area contributed by atoms with Crippen LogP contribution in [0.1, 0.15) is 10.6 Å². The van der Waals surface area contributed by atoms with Crippen LogP contribution in [0, 0.1) is 0 Å². The number of benzene rings is 3. The van der Waals surface area contributed by atoms with Crippen LogP contribution in [0.15, 0.2) is 84.6 Å². The Kier molecular flexibility index (Phi) is 7.25. The van der Waals surface area contributed by atoms with Gasteiger partial charge in [0.1, 0.15) is 27.0 Å². The molecule has 6 aromatic rings. The third-order valence-corrected chi connectivity index (χ3v) is 8.28. The van der Waals surface area contributed by atoms with Crippen molar-refractivity contribution in [3.8, 4) is 11.3 Å². The highest BCUT2D eigenvalue weighted by atomic mass is 32.2. The van der Waals surface area contributed by atoms with Gasteiger partial charge in [0, 0.05) is 46.7 Å². The fraction of sp³-hybridized carbons (Fsp3) is 0.172. The zero-order valence-electron chi connectivity index (χ0n) is 21.8. The third kappa shape index (κ3) is 6.01. The second-order valence-electron chi connectivity index (χ2n) is 9.57. The van der Waals surface area contributed by atoms with Crippen LogP contribution in [0.5, 0.6) is 0 Å². The van der Waals surface area contributed by atoms with Crippen molar-refractivity contribution >= 4 is 54.5 Å². The second kappa shape index (κ2) is 11.1. The second-order valence-corrected chi connectivity index (χ2v) is 12.8. The summed E-state index contributed by atoms with van der Waals surface area (Å²) in [5, 5.41) is 16.0. The maximum absolute atomic E-state index is 11.3. The Hall–Kier alpha value is -4.19. The summed E-state index contributed by atoms with van der Waals surface area (Å²) in [6.07, 6.45) is 4.68. The molecule has 3 aromatic carbocycles. The molecule has 6 rings (SSSR count). The van der Waals surface area contributed by atoms with Gasteiger partial charge in [-0.1, -0.05) is 36.4 Å². The molecule has 3 heterocycles. The molecular weight excluding hydrogens is 543 g/mol. The molecule has 0 amide bonds. The van der Waals surface area contributed by atoms with Gasteiger partial charge in [-0.2, -0.15) is 5.10 Å². The third-order valence-electron chi connectivity index (χ3n) is 6.49. The molecule has 0 spiro atoms. The van der Waals surface area contributed by atoms with Crippen molar-refractivity contribution in [2.45, 2.75) is 13.1 Å². The Morgan fingerprint density at radius 1 is 1.00 bits per heavy atom. The van der Waals surface area contributed by atoms with E-state index < -0.39 is 9.84 Å². The molecule has 9 nitrogen and oxygen atoms in total. The number of hydrogen-bond donors (Lipinski definition) is 2. The van der Waals surface area contributed by atoms with E-state index in [2.05, 4.69) is 50.0 Å². The first kappa shape index (κ1) is 26.1. The molecule has 0 aliphatic rings. The van der Waals surface area contributed by atoms with Crippen LogP contribution in [-0.2, 0) is 22.9 Å². The number of aromatic nitrogens is 5. The summed E-state index contributed by atoms with van der Waals surface area (Å²) in [6, 6.07) is 22.5. The number of sulfone groups is 1. The lowest BCUT2D eigenvalue weighted by atomic mass is 10.1. The molecule has 0 saturated heterocycles. The van der Waals surface area contributed by atoms with Gasteiger partial charge >= 0.3 is 0 Å².